The van der Waals surface area contributed by atoms with Crippen LogP contribution in [-0.4, -0.2) is 36.7 Å². The summed E-state index contributed by atoms with van der Waals surface area (Å²) in [4.78, 5) is 27.7. The molecule has 0 saturated carbocycles. The highest BCUT2D eigenvalue weighted by molar-refractivity contribution is 6.05. The lowest BCUT2D eigenvalue weighted by Gasteiger charge is -2.30. The van der Waals surface area contributed by atoms with E-state index in [-0.39, 0.29) is 10.9 Å². The predicted molar refractivity (Wildman–Crippen MR) is 113 cm³/mol. The van der Waals surface area contributed by atoms with Gasteiger partial charge < -0.3 is 20.1 Å². The number of piperazine rings is 1. The van der Waals surface area contributed by atoms with E-state index in [4.69, 9.17) is 0 Å². The fourth-order valence-electron chi connectivity index (χ4n) is 3.69. The first-order valence-corrected chi connectivity index (χ1v) is 9.77. The minimum absolute atomic E-state index is 0.00229. The van der Waals surface area contributed by atoms with Crippen molar-refractivity contribution in [1.82, 2.24) is 9.88 Å². The topological polar surface area (TPSA) is 66.4 Å². The molecule has 3 aromatic rings. The third-order valence-corrected chi connectivity index (χ3v) is 5.22. The van der Waals surface area contributed by atoms with E-state index in [1.807, 2.05) is 22.5 Å². The van der Waals surface area contributed by atoms with E-state index in [1.165, 1.54) is 6.07 Å². The van der Waals surface area contributed by atoms with E-state index < -0.39 is 17.2 Å². The number of carbonyl (C=O) groups excluding carboxylic acids is 1. The molecule has 1 saturated heterocycles. The Bertz CT molecular complexity index is 1110. The first-order valence-electron chi connectivity index (χ1n) is 9.77. The number of hydrogen-bond donors (Lipinski definition) is 2. The Morgan fingerprint density at radius 1 is 1.17 bits per heavy atom. The van der Waals surface area contributed by atoms with Gasteiger partial charge in [-0.05, 0) is 31.2 Å². The van der Waals surface area contributed by atoms with Gasteiger partial charge in [0.2, 0.25) is 5.43 Å². The van der Waals surface area contributed by atoms with Gasteiger partial charge in [-0.25, -0.2) is 4.39 Å². The van der Waals surface area contributed by atoms with E-state index in [0.717, 1.165) is 13.1 Å². The second-order valence-electron chi connectivity index (χ2n) is 7.04. The molecular weight excluding hydrogens is 371 g/mol. The van der Waals surface area contributed by atoms with Gasteiger partial charge in [0.15, 0.2) is 0 Å². The number of nitrogens with zero attached hydrogens (tertiary/aromatic N) is 2. The van der Waals surface area contributed by atoms with Gasteiger partial charge in [-0.3, -0.25) is 9.59 Å². The second-order valence-corrected chi connectivity index (χ2v) is 7.04. The van der Waals surface area contributed by atoms with Crippen molar-refractivity contribution < 1.29 is 9.18 Å². The molecule has 29 heavy (non-hydrogen) atoms. The summed E-state index contributed by atoms with van der Waals surface area (Å²) in [5, 5.41) is 6.19. The number of rotatable bonds is 4. The van der Waals surface area contributed by atoms with Crippen LogP contribution in [0.25, 0.3) is 10.9 Å². The molecule has 2 N–H and O–H groups in total. The zero-order chi connectivity index (χ0) is 20.4. The lowest BCUT2D eigenvalue weighted by atomic mass is 10.1. The first kappa shape index (κ1) is 19.1. The normalized spacial score (nSPS) is 14.2. The van der Waals surface area contributed by atoms with E-state index in [0.29, 0.717) is 36.5 Å². The van der Waals surface area contributed by atoms with Crippen LogP contribution in [0, 0.1) is 5.82 Å². The molecule has 2 aromatic carbocycles. The quantitative estimate of drug-likeness (QED) is 0.714. The predicted octanol–water partition coefficient (Wildman–Crippen LogP) is 2.82. The number of carbonyl (C=O) groups is 1. The molecule has 0 aliphatic carbocycles. The third-order valence-electron chi connectivity index (χ3n) is 5.22. The van der Waals surface area contributed by atoms with Crippen molar-refractivity contribution in [2.24, 2.45) is 0 Å². The lowest BCUT2D eigenvalue weighted by molar-refractivity contribution is 0.102. The summed E-state index contributed by atoms with van der Waals surface area (Å²) in [6, 6.07) is 11.9. The van der Waals surface area contributed by atoms with Crippen LogP contribution < -0.4 is 21.0 Å². The van der Waals surface area contributed by atoms with Crippen LogP contribution in [0.15, 0.2) is 53.5 Å². The number of pyridine rings is 1. The van der Waals surface area contributed by atoms with Crippen molar-refractivity contribution in [3.05, 3.63) is 70.3 Å². The van der Waals surface area contributed by atoms with Crippen molar-refractivity contribution in [2.45, 2.75) is 13.5 Å². The van der Waals surface area contributed by atoms with Crippen LogP contribution in [0.1, 0.15) is 17.3 Å². The maximum atomic E-state index is 14.9. The van der Waals surface area contributed by atoms with E-state index in [2.05, 4.69) is 10.6 Å². The maximum Gasteiger partial charge on any atom is 0.261 e. The Morgan fingerprint density at radius 3 is 2.59 bits per heavy atom. The van der Waals surface area contributed by atoms with Crippen molar-refractivity contribution in [3.63, 3.8) is 0 Å². The van der Waals surface area contributed by atoms with Crippen LogP contribution in [0.3, 0.4) is 0 Å². The molecule has 1 aliphatic rings. The number of fused-ring (bicyclic) bond motifs is 1. The SMILES string of the molecule is CCn1cc(C(=O)Nc2ccccc2)c(=O)c2cc(F)c(N3CCNCC3)cc21. The number of para-hydroxylation sites is 1. The fourth-order valence-corrected chi connectivity index (χ4v) is 3.69. The zero-order valence-electron chi connectivity index (χ0n) is 16.2. The van der Waals surface area contributed by atoms with E-state index >= 15 is 0 Å². The number of hydrogen-bond acceptors (Lipinski definition) is 4. The lowest BCUT2D eigenvalue weighted by Crippen LogP contribution is -2.43. The largest absolute Gasteiger partial charge is 0.367 e. The number of aryl methyl sites for hydroxylation is 1. The van der Waals surface area contributed by atoms with Gasteiger partial charge in [0.25, 0.3) is 5.91 Å². The number of aromatic nitrogens is 1. The summed E-state index contributed by atoms with van der Waals surface area (Å²) < 4.78 is 16.7. The Kier molecular flexibility index (Phi) is 5.31. The monoisotopic (exact) mass is 394 g/mol. The average molecular weight is 394 g/mol. The molecule has 4 rings (SSSR count). The average Bonchev–Trinajstić information content (AvgIpc) is 2.75. The highest BCUT2D eigenvalue weighted by Crippen LogP contribution is 2.26. The Hall–Kier alpha value is -3.19. The Balaban J connectivity index is 1.79. The number of amides is 1. The molecule has 2 heterocycles. The van der Waals surface area contributed by atoms with Crippen LogP contribution in [0.2, 0.25) is 0 Å². The third kappa shape index (κ3) is 3.73. The van der Waals surface area contributed by atoms with Gasteiger partial charge >= 0.3 is 0 Å². The molecule has 150 valence electrons. The van der Waals surface area contributed by atoms with Gasteiger partial charge in [0.05, 0.1) is 11.2 Å². The van der Waals surface area contributed by atoms with E-state index in [1.54, 1.807) is 36.5 Å². The molecule has 0 radical (unpaired) electrons. The van der Waals surface area contributed by atoms with Crippen molar-refractivity contribution >= 4 is 28.2 Å². The van der Waals surface area contributed by atoms with Crippen molar-refractivity contribution in [2.75, 3.05) is 36.4 Å². The fraction of sp³-hybridized carbons (Fsp3) is 0.273. The summed E-state index contributed by atoms with van der Waals surface area (Å²) in [6.07, 6.45) is 1.56. The van der Waals surface area contributed by atoms with Crippen LogP contribution in [0.5, 0.6) is 0 Å². The zero-order valence-corrected chi connectivity index (χ0v) is 16.2. The summed E-state index contributed by atoms with van der Waals surface area (Å²) >= 11 is 0. The summed E-state index contributed by atoms with van der Waals surface area (Å²) in [5.74, 6) is -0.948. The first-order chi connectivity index (χ1) is 14.1. The highest BCUT2D eigenvalue weighted by Gasteiger charge is 2.20. The Labute approximate surface area is 167 Å². The second kappa shape index (κ2) is 8.05. The van der Waals surface area contributed by atoms with Gasteiger partial charge in [-0.1, -0.05) is 18.2 Å². The van der Waals surface area contributed by atoms with Crippen molar-refractivity contribution in [1.29, 1.82) is 0 Å². The smallest absolute Gasteiger partial charge is 0.261 e. The minimum atomic E-state index is -0.503. The van der Waals surface area contributed by atoms with Gasteiger partial charge in [-0.2, -0.15) is 0 Å². The molecule has 1 fully saturated rings. The molecule has 0 atom stereocenters. The van der Waals surface area contributed by atoms with Gasteiger partial charge in [0.1, 0.15) is 11.4 Å². The molecule has 0 unspecified atom stereocenters. The van der Waals surface area contributed by atoms with Crippen LogP contribution in [-0.2, 0) is 6.54 Å². The number of anilines is 2. The van der Waals surface area contributed by atoms with Gasteiger partial charge in [-0.15, -0.1) is 0 Å². The number of halogens is 1. The molecule has 1 amide bonds. The molecule has 1 aromatic heterocycles. The molecule has 0 bridgehead atoms. The van der Waals surface area contributed by atoms with Crippen LogP contribution >= 0.6 is 0 Å². The molecule has 7 heteroatoms. The molecule has 1 aliphatic heterocycles. The summed E-state index contributed by atoms with van der Waals surface area (Å²) in [5.41, 5.74) is 1.24. The summed E-state index contributed by atoms with van der Waals surface area (Å²) in [6.45, 7) is 5.46. The van der Waals surface area contributed by atoms with E-state index in [9.17, 15) is 14.0 Å². The van der Waals surface area contributed by atoms with Crippen molar-refractivity contribution in [3.8, 4) is 0 Å². The highest BCUT2D eigenvalue weighted by atomic mass is 19.1. The number of benzene rings is 2. The minimum Gasteiger partial charge on any atom is -0.367 e. The molecule has 0 spiro atoms. The van der Waals surface area contributed by atoms with Crippen LogP contribution in [0.4, 0.5) is 15.8 Å². The molecular formula is C22H23FN4O2. The molecule has 6 nitrogen and oxygen atoms in total. The van der Waals surface area contributed by atoms with Gasteiger partial charge in [0, 0.05) is 50.0 Å². The Morgan fingerprint density at radius 2 is 1.90 bits per heavy atom. The standard InChI is InChI=1S/C22H23FN4O2/c1-2-26-14-17(22(29)25-15-6-4-3-5-7-15)21(28)16-12-18(23)20(13-19(16)26)27-10-8-24-9-11-27/h3-7,12-14,24H,2,8-11H2,1H3,(H,25,29). The number of nitrogens with one attached hydrogen (secondary N) is 2. The maximum absolute atomic E-state index is 14.9. The summed E-state index contributed by atoms with van der Waals surface area (Å²) in [7, 11) is 0.